The molecule has 3 rings (SSSR count). The molecule has 0 saturated carbocycles. The first kappa shape index (κ1) is 26.6. The van der Waals surface area contributed by atoms with Gasteiger partial charge in [0, 0.05) is 38.7 Å². The quantitative estimate of drug-likeness (QED) is 0.236. The number of hydrogen-bond donors (Lipinski definition) is 2. The molecule has 33 heavy (non-hydrogen) atoms. The molecule has 6 nitrogen and oxygen atoms in total. The Labute approximate surface area is 208 Å². The summed E-state index contributed by atoms with van der Waals surface area (Å²) in [4.78, 5) is 12.9. The zero-order valence-electron chi connectivity index (χ0n) is 18.7. The molecule has 10 heteroatoms. The molecule has 3 aromatic rings. The number of alkyl halides is 3. The van der Waals surface area contributed by atoms with Crippen molar-refractivity contribution in [3.63, 3.8) is 0 Å². The van der Waals surface area contributed by atoms with Crippen molar-refractivity contribution in [3.05, 3.63) is 77.5 Å². The Hall–Kier alpha value is -2.63. The third-order valence-electron chi connectivity index (χ3n) is 5.22. The molecule has 1 aromatic carbocycles. The number of nitrogens with one attached hydrogen (secondary N) is 2. The van der Waals surface area contributed by atoms with E-state index in [0.29, 0.717) is 31.0 Å². The number of aromatic nitrogens is 3. The van der Waals surface area contributed by atoms with Gasteiger partial charge in [-0.25, -0.2) is 9.97 Å². The number of benzene rings is 1. The van der Waals surface area contributed by atoms with Crippen molar-refractivity contribution in [3.8, 4) is 5.82 Å². The van der Waals surface area contributed by atoms with E-state index < -0.39 is 11.7 Å². The van der Waals surface area contributed by atoms with Crippen molar-refractivity contribution >= 4 is 29.9 Å². The summed E-state index contributed by atoms with van der Waals surface area (Å²) in [5.74, 6) is 2.27. The molecule has 1 atom stereocenters. The molecule has 0 fully saturated rings. The molecule has 0 bridgehead atoms. The summed E-state index contributed by atoms with van der Waals surface area (Å²) in [6, 6.07) is 9.42. The molecule has 2 heterocycles. The van der Waals surface area contributed by atoms with Gasteiger partial charge in [-0.15, -0.1) is 24.0 Å². The Bertz CT molecular complexity index is 1050. The minimum Gasteiger partial charge on any atom is -0.356 e. The number of imidazole rings is 1. The van der Waals surface area contributed by atoms with Crippen LogP contribution in [-0.4, -0.2) is 34.1 Å². The smallest absolute Gasteiger partial charge is 0.356 e. The summed E-state index contributed by atoms with van der Waals surface area (Å²) in [6.45, 7) is 4.95. The average molecular weight is 572 g/mol. The fourth-order valence-electron chi connectivity index (χ4n) is 3.29. The molecule has 0 saturated heterocycles. The Kier molecular flexibility index (Phi) is 9.69. The highest BCUT2D eigenvalue weighted by Gasteiger charge is 2.30. The lowest BCUT2D eigenvalue weighted by Gasteiger charge is -2.16. The van der Waals surface area contributed by atoms with Crippen LogP contribution in [0, 0.1) is 6.92 Å². The van der Waals surface area contributed by atoms with Crippen molar-refractivity contribution in [2.24, 2.45) is 4.99 Å². The van der Waals surface area contributed by atoms with Gasteiger partial charge < -0.3 is 10.6 Å². The number of aliphatic imine (C=N–C) groups is 1. The van der Waals surface area contributed by atoms with E-state index >= 15 is 0 Å². The van der Waals surface area contributed by atoms with Crippen molar-refractivity contribution in [2.45, 2.75) is 38.9 Å². The number of halogens is 4. The van der Waals surface area contributed by atoms with E-state index in [2.05, 4.69) is 25.6 Å². The normalized spacial score (nSPS) is 12.7. The molecule has 2 aromatic heterocycles. The van der Waals surface area contributed by atoms with Gasteiger partial charge in [0.1, 0.15) is 11.6 Å². The molecule has 0 spiro atoms. The predicted octanol–water partition coefficient (Wildman–Crippen LogP) is 5.07. The summed E-state index contributed by atoms with van der Waals surface area (Å²) in [5, 5.41) is 6.44. The lowest BCUT2D eigenvalue weighted by molar-refractivity contribution is -0.137. The van der Waals surface area contributed by atoms with Gasteiger partial charge in [0.25, 0.3) is 0 Å². The molecule has 178 valence electrons. The lowest BCUT2D eigenvalue weighted by Crippen LogP contribution is -2.37. The highest BCUT2D eigenvalue weighted by Crippen LogP contribution is 2.31. The van der Waals surface area contributed by atoms with Crippen LogP contribution in [0.4, 0.5) is 13.2 Å². The van der Waals surface area contributed by atoms with E-state index in [1.807, 2.05) is 36.7 Å². The van der Waals surface area contributed by atoms with Crippen LogP contribution in [0.3, 0.4) is 0 Å². The van der Waals surface area contributed by atoms with Crippen LogP contribution in [-0.2, 0) is 12.7 Å². The van der Waals surface area contributed by atoms with Crippen LogP contribution in [0.15, 0.2) is 60.0 Å². The first-order valence-corrected chi connectivity index (χ1v) is 10.3. The fourth-order valence-corrected chi connectivity index (χ4v) is 3.29. The fraction of sp³-hybridized carbons (Fsp3) is 0.348. The standard InChI is InChI=1S/C23H27F3N6.HI/c1-16(19-5-4-6-20(13-19)23(24,25)26)9-10-29-22(27-3)31-15-18-7-8-21(30-14-18)32-12-11-28-17(32)2;/h4-8,11-14,16H,9-10,15H2,1-3H3,(H2,27,29,31);1H. The number of pyridine rings is 1. The van der Waals surface area contributed by atoms with E-state index in [9.17, 15) is 13.2 Å². The van der Waals surface area contributed by atoms with Gasteiger partial charge in [-0.3, -0.25) is 9.56 Å². The maximum absolute atomic E-state index is 12.9. The van der Waals surface area contributed by atoms with Crippen molar-refractivity contribution in [2.75, 3.05) is 13.6 Å². The highest BCUT2D eigenvalue weighted by atomic mass is 127. The van der Waals surface area contributed by atoms with Gasteiger partial charge in [-0.05, 0) is 42.5 Å². The third-order valence-corrected chi connectivity index (χ3v) is 5.22. The van der Waals surface area contributed by atoms with Crippen LogP contribution in [0.5, 0.6) is 0 Å². The first-order valence-electron chi connectivity index (χ1n) is 10.3. The van der Waals surface area contributed by atoms with Crippen LogP contribution in [0.2, 0.25) is 0 Å². The lowest BCUT2D eigenvalue weighted by atomic mass is 9.96. The molecular weight excluding hydrogens is 544 g/mol. The highest BCUT2D eigenvalue weighted by molar-refractivity contribution is 14.0. The van der Waals surface area contributed by atoms with Gasteiger partial charge in [0.05, 0.1) is 5.56 Å². The Morgan fingerprint density at radius 2 is 1.94 bits per heavy atom. The van der Waals surface area contributed by atoms with Crippen molar-refractivity contribution in [1.29, 1.82) is 0 Å². The molecule has 0 aliphatic rings. The topological polar surface area (TPSA) is 67.1 Å². The number of hydrogen-bond acceptors (Lipinski definition) is 3. The molecule has 0 aliphatic heterocycles. The summed E-state index contributed by atoms with van der Waals surface area (Å²) >= 11 is 0. The largest absolute Gasteiger partial charge is 0.416 e. The Balaban J connectivity index is 0.00000385. The maximum atomic E-state index is 12.9. The monoisotopic (exact) mass is 572 g/mol. The first-order chi connectivity index (χ1) is 15.3. The van der Waals surface area contributed by atoms with E-state index in [1.165, 1.54) is 12.1 Å². The van der Waals surface area contributed by atoms with Crippen molar-refractivity contribution in [1.82, 2.24) is 25.2 Å². The summed E-state index contributed by atoms with van der Waals surface area (Å²) in [6.07, 6.45) is 1.73. The number of nitrogens with zero attached hydrogens (tertiary/aromatic N) is 4. The van der Waals surface area contributed by atoms with Crippen LogP contribution < -0.4 is 10.6 Å². The maximum Gasteiger partial charge on any atom is 0.416 e. The Morgan fingerprint density at radius 3 is 2.55 bits per heavy atom. The van der Waals surface area contributed by atoms with Crippen molar-refractivity contribution < 1.29 is 13.2 Å². The van der Waals surface area contributed by atoms with Crippen LogP contribution in [0.25, 0.3) is 5.82 Å². The third kappa shape index (κ3) is 7.44. The van der Waals surface area contributed by atoms with Gasteiger partial charge in [0.15, 0.2) is 5.96 Å². The Morgan fingerprint density at radius 1 is 1.15 bits per heavy atom. The molecule has 2 N–H and O–H groups in total. The molecule has 0 radical (unpaired) electrons. The zero-order chi connectivity index (χ0) is 23.1. The number of rotatable bonds is 7. The number of aryl methyl sites for hydroxylation is 1. The second kappa shape index (κ2) is 12.0. The van der Waals surface area contributed by atoms with E-state index in [4.69, 9.17) is 0 Å². The second-order valence-electron chi connectivity index (χ2n) is 7.53. The minimum atomic E-state index is -4.33. The van der Waals surface area contributed by atoms with E-state index in [1.54, 1.807) is 25.5 Å². The molecule has 0 amide bonds. The summed E-state index contributed by atoms with van der Waals surface area (Å²) < 4.78 is 40.7. The SMILES string of the molecule is CN=C(NCCC(C)c1cccc(C(F)(F)F)c1)NCc1ccc(-n2ccnc2C)nc1.I. The minimum absolute atomic E-state index is 0. The average Bonchev–Trinajstić information content (AvgIpc) is 3.21. The second-order valence-corrected chi connectivity index (χ2v) is 7.53. The van der Waals surface area contributed by atoms with E-state index in [-0.39, 0.29) is 29.9 Å². The van der Waals surface area contributed by atoms with Gasteiger partial charge >= 0.3 is 6.18 Å². The number of guanidine groups is 1. The summed E-state index contributed by atoms with van der Waals surface area (Å²) in [5.41, 5.74) is 1.05. The zero-order valence-corrected chi connectivity index (χ0v) is 21.1. The van der Waals surface area contributed by atoms with Gasteiger partial charge in [0.2, 0.25) is 0 Å². The molecular formula is C23H28F3IN6. The molecule has 1 unspecified atom stereocenters. The van der Waals surface area contributed by atoms with Crippen LogP contribution in [0.1, 0.15) is 41.8 Å². The molecule has 0 aliphatic carbocycles. The van der Waals surface area contributed by atoms with Gasteiger partial charge in [-0.1, -0.05) is 31.2 Å². The summed E-state index contributed by atoms with van der Waals surface area (Å²) in [7, 11) is 1.68. The van der Waals surface area contributed by atoms with Gasteiger partial charge in [-0.2, -0.15) is 13.2 Å². The predicted molar refractivity (Wildman–Crippen MR) is 134 cm³/mol. The van der Waals surface area contributed by atoms with E-state index in [0.717, 1.165) is 23.3 Å². The van der Waals surface area contributed by atoms with Crippen LogP contribution >= 0.6 is 24.0 Å².